The molecule has 5 aliphatic carbocycles. The lowest BCUT2D eigenvalue weighted by Crippen LogP contribution is -2.70. The van der Waals surface area contributed by atoms with Crippen LogP contribution in [0.15, 0.2) is 0 Å². The van der Waals surface area contributed by atoms with Crippen LogP contribution < -0.4 is 0 Å². The standard InChI is InChI=1S/C36H64O5/c1-9-41-28(38)16-24-11-13-25(14-12-24)26-15-10-20(2)30-27(26)18-34(6)19-35(7)17-21(3)29(23(5)37)33(40)36(35,8)22(4)31(34)32(30)39/h20-33,37-40H,9-19H2,1-8H3. The largest absolute Gasteiger partial charge is 0.393 e. The Morgan fingerprint density at radius 2 is 1.51 bits per heavy atom. The van der Waals surface area contributed by atoms with Gasteiger partial charge in [-0.1, -0.05) is 48.0 Å². The predicted molar refractivity (Wildman–Crippen MR) is 164 cm³/mol. The predicted octanol–water partition coefficient (Wildman–Crippen LogP) is 6.65. The zero-order valence-corrected chi connectivity index (χ0v) is 27.6. The van der Waals surface area contributed by atoms with Gasteiger partial charge in [0, 0.05) is 24.4 Å². The van der Waals surface area contributed by atoms with Gasteiger partial charge in [0.2, 0.25) is 0 Å². The highest BCUT2D eigenvalue weighted by Crippen LogP contribution is 2.73. The third-order valence-electron chi connectivity index (χ3n) is 14.9. The molecule has 0 aromatic rings. The van der Waals surface area contributed by atoms with Gasteiger partial charge in [-0.3, -0.25) is 0 Å². The summed E-state index contributed by atoms with van der Waals surface area (Å²) in [6, 6.07) is 0. The Morgan fingerprint density at radius 3 is 2.12 bits per heavy atom. The van der Waals surface area contributed by atoms with E-state index in [1.54, 1.807) is 0 Å². The second kappa shape index (κ2) is 11.6. The molecule has 0 radical (unpaired) electrons. The number of hydrogen-bond donors (Lipinski definition) is 4. The van der Waals surface area contributed by atoms with Crippen LogP contribution in [0.1, 0.15) is 120 Å². The SMILES string of the molecule is CCOC(O)CC1CCC(C2CCC(C)C3C(O)C4C(C)C5(C)C(O)C(C(C)O)C(C)CC5(C)CC4(C)CC23)CC1. The van der Waals surface area contributed by atoms with Crippen molar-refractivity contribution in [2.75, 3.05) is 6.61 Å². The minimum atomic E-state index is -0.621. The van der Waals surface area contributed by atoms with E-state index in [2.05, 4.69) is 41.5 Å². The molecule has 238 valence electrons. The summed E-state index contributed by atoms with van der Waals surface area (Å²) in [5, 5.41) is 45.4. The molecular formula is C36H64O5. The fourth-order valence-corrected chi connectivity index (χ4v) is 13.1. The van der Waals surface area contributed by atoms with Gasteiger partial charge in [-0.2, -0.15) is 0 Å². The first-order chi connectivity index (χ1) is 19.2. The first-order valence-electron chi connectivity index (χ1n) is 17.5. The van der Waals surface area contributed by atoms with Gasteiger partial charge in [0.25, 0.3) is 0 Å². The second-order valence-corrected chi connectivity index (χ2v) is 17.0. The molecule has 15 atom stereocenters. The van der Waals surface area contributed by atoms with Gasteiger partial charge in [0.1, 0.15) is 0 Å². The molecule has 5 aliphatic rings. The van der Waals surface area contributed by atoms with Gasteiger partial charge in [-0.25, -0.2) is 0 Å². The highest BCUT2D eigenvalue weighted by atomic mass is 16.6. The topological polar surface area (TPSA) is 90.2 Å². The van der Waals surface area contributed by atoms with Crippen LogP contribution in [0.3, 0.4) is 0 Å². The van der Waals surface area contributed by atoms with Crippen LogP contribution in [0, 0.1) is 75.4 Å². The number of fused-ring (bicyclic) bond motifs is 3. The number of rotatable bonds is 6. The number of hydrogen-bond acceptors (Lipinski definition) is 5. The van der Waals surface area contributed by atoms with Crippen molar-refractivity contribution in [3.8, 4) is 0 Å². The summed E-state index contributed by atoms with van der Waals surface area (Å²) in [4.78, 5) is 0. The van der Waals surface area contributed by atoms with Crippen molar-refractivity contribution in [3.63, 3.8) is 0 Å². The third kappa shape index (κ3) is 5.18. The fourth-order valence-electron chi connectivity index (χ4n) is 13.1. The summed E-state index contributed by atoms with van der Waals surface area (Å²) < 4.78 is 5.44. The first kappa shape index (κ1) is 32.2. The van der Waals surface area contributed by atoms with E-state index in [-0.39, 0.29) is 46.0 Å². The summed E-state index contributed by atoms with van der Waals surface area (Å²) in [6.45, 7) is 18.6. The molecule has 41 heavy (non-hydrogen) atoms. The minimum absolute atomic E-state index is 0.0241. The van der Waals surface area contributed by atoms with Crippen molar-refractivity contribution in [3.05, 3.63) is 0 Å². The quantitative estimate of drug-likeness (QED) is 0.266. The zero-order valence-electron chi connectivity index (χ0n) is 27.6. The van der Waals surface area contributed by atoms with E-state index >= 15 is 0 Å². The third-order valence-corrected chi connectivity index (χ3v) is 14.9. The van der Waals surface area contributed by atoms with Crippen molar-refractivity contribution in [2.24, 2.45) is 75.4 Å². The molecule has 5 heteroatoms. The van der Waals surface area contributed by atoms with Crippen LogP contribution in [0.2, 0.25) is 0 Å². The van der Waals surface area contributed by atoms with E-state index in [4.69, 9.17) is 4.74 Å². The average molecular weight is 577 g/mol. The Balaban J connectivity index is 1.39. The number of ether oxygens (including phenoxy) is 1. The summed E-state index contributed by atoms with van der Waals surface area (Å²) in [5.74, 6) is 3.94. The maximum Gasteiger partial charge on any atom is 0.154 e. The molecule has 5 nitrogen and oxygen atoms in total. The molecule has 0 amide bonds. The van der Waals surface area contributed by atoms with Gasteiger partial charge < -0.3 is 25.2 Å². The van der Waals surface area contributed by atoms with E-state index in [0.29, 0.717) is 36.2 Å². The summed E-state index contributed by atoms with van der Waals surface area (Å²) >= 11 is 0. The second-order valence-electron chi connectivity index (χ2n) is 17.0. The Kier molecular flexibility index (Phi) is 9.13. The average Bonchev–Trinajstić information content (AvgIpc) is 2.86. The van der Waals surface area contributed by atoms with Crippen molar-refractivity contribution in [2.45, 2.75) is 144 Å². The molecule has 0 spiro atoms. The van der Waals surface area contributed by atoms with Crippen LogP contribution in [-0.2, 0) is 4.74 Å². The highest BCUT2D eigenvalue weighted by Gasteiger charge is 2.70. The minimum Gasteiger partial charge on any atom is -0.393 e. The monoisotopic (exact) mass is 576 g/mol. The van der Waals surface area contributed by atoms with Gasteiger partial charge in [0.05, 0.1) is 18.3 Å². The van der Waals surface area contributed by atoms with Gasteiger partial charge in [-0.05, 0) is 129 Å². The highest BCUT2D eigenvalue weighted by molar-refractivity contribution is 5.18. The van der Waals surface area contributed by atoms with E-state index in [1.807, 2.05) is 13.8 Å². The molecule has 4 N–H and O–H groups in total. The van der Waals surface area contributed by atoms with Crippen molar-refractivity contribution < 1.29 is 25.2 Å². The smallest absolute Gasteiger partial charge is 0.154 e. The van der Waals surface area contributed by atoms with E-state index in [1.165, 1.54) is 44.9 Å². The van der Waals surface area contributed by atoms with Crippen LogP contribution in [-0.4, -0.2) is 51.6 Å². The van der Waals surface area contributed by atoms with Gasteiger partial charge in [-0.15, -0.1) is 0 Å². The Hall–Kier alpha value is -0.200. The maximum atomic E-state index is 12.4. The van der Waals surface area contributed by atoms with Gasteiger partial charge >= 0.3 is 0 Å². The summed E-state index contributed by atoms with van der Waals surface area (Å²) in [7, 11) is 0. The first-order valence-corrected chi connectivity index (χ1v) is 17.5. The molecule has 15 unspecified atom stereocenters. The van der Waals surface area contributed by atoms with E-state index in [9.17, 15) is 20.4 Å². The van der Waals surface area contributed by atoms with Crippen molar-refractivity contribution in [1.82, 2.24) is 0 Å². The normalized spacial score (nSPS) is 55.3. The van der Waals surface area contributed by atoms with Gasteiger partial charge in [0.15, 0.2) is 6.29 Å². The fraction of sp³-hybridized carbons (Fsp3) is 1.00. The maximum absolute atomic E-state index is 12.4. The summed E-state index contributed by atoms with van der Waals surface area (Å²) in [6.07, 6.45) is 9.40. The number of aliphatic hydroxyl groups excluding tert-OH is 4. The lowest BCUT2D eigenvalue weighted by Gasteiger charge is -2.72. The van der Waals surface area contributed by atoms with Crippen LogP contribution >= 0.6 is 0 Å². The molecule has 0 saturated heterocycles. The zero-order chi connectivity index (χ0) is 30.1. The molecule has 0 heterocycles. The van der Waals surface area contributed by atoms with Crippen molar-refractivity contribution in [1.29, 1.82) is 0 Å². The molecule has 0 bridgehead atoms. The Labute approximate surface area is 251 Å². The lowest BCUT2D eigenvalue weighted by atomic mass is 9.34. The Morgan fingerprint density at radius 1 is 0.854 bits per heavy atom. The molecule has 0 aromatic heterocycles. The molecule has 5 rings (SSSR count). The van der Waals surface area contributed by atoms with Crippen molar-refractivity contribution >= 4 is 0 Å². The van der Waals surface area contributed by atoms with E-state index in [0.717, 1.165) is 25.2 Å². The lowest BCUT2D eigenvalue weighted by molar-refractivity contribution is -0.280. The van der Waals surface area contributed by atoms with Crippen LogP contribution in [0.4, 0.5) is 0 Å². The molecular weight excluding hydrogens is 512 g/mol. The molecule has 5 fully saturated rings. The molecule has 5 saturated carbocycles. The van der Waals surface area contributed by atoms with Crippen LogP contribution in [0.5, 0.6) is 0 Å². The summed E-state index contributed by atoms with van der Waals surface area (Å²) in [5.41, 5.74) is -0.302. The molecule has 0 aliphatic heterocycles. The Bertz CT molecular complexity index is 900. The molecule has 0 aromatic carbocycles. The number of aliphatic hydroxyl groups is 4. The van der Waals surface area contributed by atoms with Crippen LogP contribution in [0.25, 0.3) is 0 Å². The van der Waals surface area contributed by atoms with E-state index < -0.39 is 18.5 Å².